The van der Waals surface area contributed by atoms with Crippen LogP contribution in [0, 0.1) is 17.3 Å². The standard InChI is InChI=1S/C21H32O4Si/c1-21(2,20(23)24-3)16-13-10-14-17(22)18(16)19(25-26(4,5)6)15-11-8-7-9-12-15/h7-9,11-12,16,18-19H,10,13-14H2,1-6H3/t16-,18+,19+/m0/s1. The Balaban J connectivity index is 2.50. The maximum absolute atomic E-state index is 13.0. The van der Waals surface area contributed by atoms with E-state index >= 15 is 0 Å². The third-order valence-corrected chi connectivity index (χ3v) is 6.28. The molecule has 0 radical (unpaired) electrons. The number of Topliss-reactive ketones (excluding diaryl/α,β-unsaturated/α-hetero) is 1. The highest BCUT2D eigenvalue weighted by Gasteiger charge is 2.50. The molecule has 0 N–H and O–H groups in total. The number of ketones is 1. The summed E-state index contributed by atoms with van der Waals surface area (Å²) in [5, 5.41) is 0. The molecule has 1 aromatic carbocycles. The van der Waals surface area contributed by atoms with E-state index in [4.69, 9.17) is 9.16 Å². The van der Waals surface area contributed by atoms with Gasteiger partial charge in [0.2, 0.25) is 0 Å². The predicted octanol–water partition coefficient (Wildman–Crippen LogP) is 4.76. The normalized spacial score (nSPS) is 22.8. The fourth-order valence-corrected chi connectivity index (χ4v) is 5.09. The van der Waals surface area contributed by atoms with E-state index in [0.29, 0.717) is 6.42 Å². The Hall–Kier alpha value is -1.46. The van der Waals surface area contributed by atoms with Crippen LogP contribution in [0.4, 0.5) is 0 Å². The molecule has 0 spiro atoms. The second kappa shape index (κ2) is 8.05. The first-order valence-corrected chi connectivity index (χ1v) is 12.8. The monoisotopic (exact) mass is 376 g/mol. The van der Waals surface area contributed by atoms with Crippen LogP contribution in [0.25, 0.3) is 0 Å². The molecule has 26 heavy (non-hydrogen) atoms. The Morgan fingerprint density at radius 1 is 1.19 bits per heavy atom. The Kier molecular flexibility index (Phi) is 6.45. The summed E-state index contributed by atoms with van der Waals surface area (Å²) in [6.45, 7) is 10.2. The molecule has 1 saturated carbocycles. The van der Waals surface area contributed by atoms with Crippen molar-refractivity contribution in [1.29, 1.82) is 0 Å². The zero-order chi connectivity index (χ0) is 19.5. The lowest BCUT2D eigenvalue weighted by Gasteiger charge is -2.44. The molecule has 4 nitrogen and oxygen atoms in total. The number of carbonyl (C=O) groups excluding carboxylic acids is 2. The Morgan fingerprint density at radius 2 is 1.81 bits per heavy atom. The van der Waals surface area contributed by atoms with Crippen molar-refractivity contribution < 1.29 is 18.8 Å². The highest BCUT2D eigenvalue weighted by molar-refractivity contribution is 6.69. The summed E-state index contributed by atoms with van der Waals surface area (Å²) in [7, 11) is -0.496. The predicted molar refractivity (Wildman–Crippen MR) is 105 cm³/mol. The molecule has 0 aromatic heterocycles. The van der Waals surface area contributed by atoms with Crippen molar-refractivity contribution in [3.63, 3.8) is 0 Å². The SMILES string of the molecule is COC(=O)C(C)(C)[C@H]1CCCC(=O)[C@@H]1[C@H](O[Si](C)(C)C)c1ccccc1. The smallest absolute Gasteiger partial charge is 0.311 e. The first kappa shape index (κ1) is 20.8. The maximum Gasteiger partial charge on any atom is 0.311 e. The first-order valence-electron chi connectivity index (χ1n) is 9.42. The zero-order valence-electron chi connectivity index (χ0n) is 16.9. The Morgan fingerprint density at radius 3 is 2.35 bits per heavy atom. The van der Waals surface area contributed by atoms with Crippen molar-refractivity contribution in [2.45, 2.75) is 58.9 Å². The van der Waals surface area contributed by atoms with E-state index in [1.807, 2.05) is 44.2 Å². The molecule has 0 bridgehead atoms. The Labute approximate surface area is 158 Å². The fraction of sp³-hybridized carbons (Fsp3) is 0.619. The van der Waals surface area contributed by atoms with Crippen LogP contribution in [0.5, 0.6) is 0 Å². The molecular weight excluding hydrogens is 344 g/mol. The lowest BCUT2D eigenvalue weighted by atomic mass is 9.62. The molecule has 0 amide bonds. The van der Waals surface area contributed by atoms with E-state index < -0.39 is 13.7 Å². The minimum atomic E-state index is -1.91. The average Bonchev–Trinajstić information content (AvgIpc) is 2.59. The molecular formula is C21H32O4Si. The van der Waals surface area contributed by atoms with E-state index in [0.717, 1.165) is 18.4 Å². The van der Waals surface area contributed by atoms with Crippen LogP contribution < -0.4 is 0 Å². The molecule has 0 saturated heterocycles. The van der Waals surface area contributed by atoms with Crippen LogP contribution in [0.2, 0.25) is 19.6 Å². The van der Waals surface area contributed by atoms with Gasteiger partial charge in [-0.3, -0.25) is 9.59 Å². The first-order chi connectivity index (χ1) is 12.1. The number of hydrogen-bond acceptors (Lipinski definition) is 4. The third-order valence-electron chi connectivity index (χ3n) is 5.32. The molecule has 1 fully saturated rings. The van der Waals surface area contributed by atoms with Gasteiger partial charge in [-0.05, 0) is 57.8 Å². The second-order valence-corrected chi connectivity index (χ2v) is 13.2. The Bertz CT molecular complexity index is 633. The largest absolute Gasteiger partial charge is 0.469 e. The second-order valence-electron chi connectivity index (χ2n) is 8.77. The van der Waals surface area contributed by atoms with Gasteiger partial charge in [0.15, 0.2) is 8.32 Å². The highest BCUT2D eigenvalue weighted by atomic mass is 28.4. The molecule has 2 rings (SSSR count). The summed E-state index contributed by atoms with van der Waals surface area (Å²) in [6.07, 6.45) is 1.88. The highest BCUT2D eigenvalue weighted by Crippen LogP contribution is 2.48. The maximum atomic E-state index is 13.0. The molecule has 3 atom stereocenters. The topological polar surface area (TPSA) is 52.6 Å². The van der Waals surface area contributed by atoms with Crippen LogP contribution in [0.15, 0.2) is 30.3 Å². The van der Waals surface area contributed by atoms with Gasteiger partial charge in [0.05, 0.1) is 24.5 Å². The molecule has 144 valence electrons. The van der Waals surface area contributed by atoms with Gasteiger partial charge in [-0.15, -0.1) is 0 Å². The summed E-state index contributed by atoms with van der Waals surface area (Å²) in [4.78, 5) is 25.5. The van der Waals surface area contributed by atoms with Gasteiger partial charge in [0, 0.05) is 6.42 Å². The summed E-state index contributed by atoms with van der Waals surface area (Å²) >= 11 is 0. The third kappa shape index (κ3) is 4.63. The van der Waals surface area contributed by atoms with Crippen LogP contribution in [0.3, 0.4) is 0 Å². The number of benzene rings is 1. The van der Waals surface area contributed by atoms with Gasteiger partial charge in [-0.2, -0.15) is 0 Å². The van der Waals surface area contributed by atoms with Gasteiger partial charge >= 0.3 is 5.97 Å². The lowest BCUT2D eigenvalue weighted by molar-refractivity contribution is -0.159. The minimum absolute atomic E-state index is 0.0993. The van der Waals surface area contributed by atoms with Crippen molar-refractivity contribution in [2.24, 2.45) is 17.3 Å². The fourth-order valence-electron chi connectivity index (χ4n) is 4.04. The van der Waals surface area contributed by atoms with E-state index in [-0.39, 0.29) is 29.7 Å². The zero-order valence-corrected chi connectivity index (χ0v) is 17.9. The van der Waals surface area contributed by atoms with Gasteiger partial charge in [-0.25, -0.2) is 0 Å². The van der Waals surface area contributed by atoms with Crippen LogP contribution in [0.1, 0.15) is 44.8 Å². The molecule has 0 unspecified atom stereocenters. The summed E-state index contributed by atoms with van der Waals surface area (Å²) in [5.74, 6) is -0.489. The molecule has 0 aliphatic heterocycles. The van der Waals surface area contributed by atoms with Gasteiger partial charge in [0.25, 0.3) is 0 Å². The van der Waals surface area contributed by atoms with E-state index in [1.54, 1.807) is 0 Å². The molecule has 1 aliphatic carbocycles. The van der Waals surface area contributed by atoms with Crippen LogP contribution in [-0.2, 0) is 18.8 Å². The van der Waals surface area contributed by atoms with Crippen molar-refractivity contribution in [1.82, 2.24) is 0 Å². The molecule has 5 heteroatoms. The van der Waals surface area contributed by atoms with Gasteiger partial charge < -0.3 is 9.16 Å². The number of carbonyl (C=O) groups is 2. The number of ether oxygens (including phenoxy) is 1. The molecule has 1 aromatic rings. The van der Waals surface area contributed by atoms with Crippen molar-refractivity contribution in [2.75, 3.05) is 7.11 Å². The van der Waals surface area contributed by atoms with Gasteiger partial charge in [0.1, 0.15) is 5.78 Å². The molecule has 0 heterocycles. The number of hydrogen-bond donors (Lipinski definition) is 0. The van der Waals surface area contributed by atoms with Gasteiger partial charge in [-0.1, -0.05) is 30.3 Å². The van der Waals surface area contributed by atoms with E-state index in [1.165, 1.54) is 7.11 Å². The van der Waals surface area contributed by atoms with E-state index in [9.17, 15) is 9.59 Å². The summed E-state index contributed by atoms with van der Waals surface area (Å²) in [6, 6.07) is 9.96. The molecule has 1 aliphatic rings. The van der Waals surface area contributed by atoms with Crippen molar-refractivity contribution in [3.8, 4) is 0 Å². The lowest BCUT2D eigenvalue weighted by Crippen LogP contribution is -2.47. The van der Waals surface area contributed by atoms with Crippen LogP contribution >= 0.6 is 0 Å². The number of methoxy groups -OCH3 is 1. The quantitative estimate of drug-likeness (QED) is 0.530. The summed E-state index contributed by atoms with van der Waals surface area (Å²) < 4.78 is 11.6. The van der Waals surface area contributed by atoms with Crippen molar-refractivity contribution in [3.05, 3.63) is 35.9 Å². The number of esters is 1. The summed E-state index contributed by atoms with van der Waals surface area (Å²) in [5.41, 5.74) is 0.284. The number of rotatable bonds is 6. The van der Waals surface area contributed by atoms with E-state index in [2.05, 4.69) is 19.6 Å². The van der Waals surface area contributed by atoms with Crippen molar-refractivity contribution >= 4 is 20.1 Å². The average molecular weight is 377 g/mol. The minimum Gasteiger partial charge on any atom is -0.469 e. The van der Waals surface area contributed by atoms with Crippen LogP contribution in [-0.4, -0.2) is 27.2 Å².